The molecule has 0 aliphatic heterocycles. The van der Waals surface area contributed by atoms with Gasteiger partial charge in [0.05, 0.1) is 12.5 Å². The molecule has 1 aromatic rings. The van der Waals surface area contributed by atoms with Gasteiger partial charge < -0.3 is 9.73 Å². The van der Waals surface area contributed by atoms with E-state index in [2.05, 4.69) is 25.2 Å². The van der Waals surface area contributed by atoms with Crippen molar-refractivity contribution in [1.29, 1.82) is 0 Å². The topological polar surface area (TPSA) is 25.2 Å². The maximum atomic E-state index is 5.19. The number of furan rings is 1. The summed E-state index contributed by atoms with van der Waals surface area (Å²) in [7, 11) is 0. The Morgan fingerprint density at radius 2 is 2.33 bits per heavy atom. The molecule has 2 nitrogen and oxygen atoms in total. The molecule has 84 valence electrons. The highest BCUT2D eigenvalue weighted by atomic mass is 16.3. The first kappa shape index (κ1) is 10.7. The number of rotatable bonds is 6. The summed E-state index contributed by atoms with van der Waals surface area (Å²) in [6, 6.07) is 2.57. The molecule has 0 aromatic carbocycles. The Bertz CT molecular complexity index is 277. The third kappa shape index (κ3) is 2.63. The van der Waals surface area contributed by atoms with Crippen LogP contribution in [0, 0.1) is 11.8 Å². The highest BCUT2D eigenvalue weighted by Gasteiger charge is 2.33. The Labute approximate surface area is 92.1 Å². The van der Waals surface area contributed by atoms with Crippen molar-refractivity contribution in [2.24, 2.45) is 11.8 Å². The van der Waals surface area contributed by atoms with Gasteiger partial charge in [0, 0.05) is 11.6 Å². The molecule has 1 heterocycles. The van der Waals surface area contributed by atoms with Crippen LogP contribution in [0.1, 0.15) is 44.7 Å². The first-order chi connectivity index (χ1) is 7.33. The predicted molar refractivity (Wildman–Crippen MR) is 61.6 cm³/mol. The second-order valence-electron chi connectivity index (χ2n) is 4.69. The van der Waals surface area contributed by atoms with E-state index >= 15 is 0 Å². The normalized spacial score (nSPS) is 20.1. The van der Waals surface area contributed by atoms with E-state index in [1.54, 1.807) is 6.26 Å². The smallest absolute Gasteiger partial charge is 0.0950 e. The fraction of sp³-hybridized carbons (Fsp3) is 0.692. The molecule has 0 bridgehead atoms. The van der Waals surface area contributed by atoms with Gasteiger partial charge >= 0.3 is 0 Å². The van der Waals surface area contributed by atoms with Crippen molar-refractivity contribution in [3.8, 4) is 0 Å². The van der Waals surface area contributed by atoms with Crippen LogP contribution in [0.25, 0.3) is 0 Å². The van der Waals surface area contributed by atoms with E-state index in [4.69, 9.17) is 4.42 Å². The molecule has 2 atom stereocenters. The van der Waals surface area contributed by atoms with Crippen LogP contribution in [0.3, 0.4) is 0 Å². The second-order valence-corrected chi connectivity index (χ2v) is 4.69. The molecule has 0 radical (unpaired) electrons. The largest absolute Gasteiger partial charge is 0.472 e. The van der Waals surface area contributed by atoms with Crippen molar-refractivity contribution < 1.29 is 4.42 Å². The fourth-order valence-corrected chi connectivity index (χ4v) is 2.25. The Hall–Kier alpha value is -0.760. The van der Waals surface area contributed by atoms with E-state index in [0.29, 0.717) is 6.04 Å². The maximum Gasteiger partial charge on any atom is 0.0950 e. The summed E-state index contributed by atoms with van der Waals surface area (Å²) in [5.74, 6) is 1.66. The van der Waals surface area contributed by atoms with Crippen molar-refractivity contribution >= 4 is 0 Å². The van der Waals surface area contributed by atoms with Crippen molar-refractivity contribution in [2.45, 2.75) is 39.2 Å². The molecule has 0 spiro atoms. The van der Waals surface area contributed by atoms with E-state index in [0.717, 1.165) is 18.4 Å². The number of hydrogen-bond donors (Lipinski definition) is 1. The van der Waals surface area contributed by atoms with Crippen molar-refractivity contribution in [2.75, 3.05) is 6.54 Å². The average molecular weight is 207 g/mol. The van der Waals surface area contributed by atoms with Gasteiger partial charge in [-0.15, -0.1) is 0 Å². The average Bonchev–Trinajstić information content (AvgIpc) is 2.97. The van der Waals surface area contributed by atoms with Crippen molar-refractivity contribution in [3.63, 3.8) is 0 Å². The summed E-state index contributed by atoms with van der Waals surface area (Å²) in [5, 5.41) is 3.63. The summed E-state index contributed by atoms with van der Waals surface area (Å²) in [6.07, 6.45) is 7.65. The predicted octanol–water partition coefficient (Wildman–Crippen LogP) is 3.37. The fourth-order valence-electron chi connectivity index (χ4n) is 2.25. The van der Waals surface area contributed by atoms with E-state index in [9.17, 15) is 0 Å². The summed E-state index contributed by atoms with van der Waals surface area (Å²) >= 11 is 0. The van der Waals surface area contributed by atoms with Gasteiger partial charge in [0.2, 0.25) is 0 Å². The molecule has 1 aliphatic rings. The quantitative estimate of drug-likeness (QED) is 0.773. The molecule has 0 amide bonds. The molecule has 1 aromatic heterocycles. The van der Waals surface area contributed by atoms with Gasteiger partial charge in [-0.2, -0.15) is 0 Å². The Kier molecular flexibility index (Phi) is 3.47. The van der Waals surface area contributed by atoms with Gasteiger partial charge in [-0.25, -0.2) is 0 Å². The monoisotopic (exact) mass is 207 g/mol. The molecular weight excluding hydrogens is 186 g/mol. The zero-order valence-corrected chi connectivity index (χ0v) is 9.70. The lowest BCUT2D eigenvalue weighted by Gasteiger charge is -2.24. The molecule has 2 unspecified atom stereocenters. The SMILES string of the molecule is CCCNC(c1ccoc1)C(C)C1CC1. The molecule has 1 N–H and O–H groups in total. The highest BCUT2D eigenvalue weighted by molar-refractivity contribution is 5.13. The molecule has 2 heteroatoms. The minimum Gasteiger partial charge on any atom is -0.472 e. The van der Waals surface area contributed by atoms with Gasteiger partial charge in [-0.3, -0.25) is 0 Å². The standard InChI is InChI=1S/C13H21NO/c1-3-7-14-13(10(2)11-4-5-11)12-6-8-15-9-12/h6,8-11,13-14H,3-5,7H2,1-2H3. The van der Waals surface area contributed by atoms with E-state index < -0.39 is 0 Å². The zero-order chi connectivity index (χ0) is 10.7. The first-order valence-electron chi connectivity index (χ1n) is 6.08. The van der Waals surface area contributed by atoms with Crippen molar-refractivity contribution in [1.82, 2.24) is 5.32 Å². The number of nitrogens with one attached hydrogen (secondary N) is 1. The minimum absolute atomic E-state index is 0.483. The second kappa shape index (κ2) is 4.84. The molecule has 15 heavy (non-hydrogen) atoms. The maximum absolute atomic E-state index is 5.19. The van der Waals surface area contributed by atoms with Gasteiger partial charge in [0.15, 0.2) is 0 Å². The van der Waals surface area contributed by atoms with Crippen LogP contribution in [0.5, 0.6) is 0 Å². The number of hydrogen-bond acceptors (Lipinski definition) is 2. The Morgan fingerprint density at radius 1 is 1.53 bits per heavy atom. The molecule has 1 aliphatic carbocycles. The highest BCUT2D eigenvalue weighted by Crippen LogP contribution is 2.42. The lowest BCUT2D eigenvalue weighted by atomic mass is 9.92. The minimum atomic E-state index is 0.483. The molecule has 0 saturated heterocycles. The molecule has 1 fully saturated rings. The van der Waals surface area contributed by atoms with Gasteiger partial charge in [-0.1, -0.05) is 13.8 Å². The summed E-state index contributed by atoms with van der Waals surface area (Å²) < 4.78 is 5.19. The van der Waals surface area contributed by atoms with E-state index in [1.165, 1.54) is 24.8 Å². The van der Waals surface area contributed by atoms with Crippen LogP contribution in [0.2, 0.25) is 0 Å². The van der Waals surface area contributed by atoms with Crippen LogP contribution in [0.15, 0.2) is 23.0 Å². The zero-order valence-electron chi connectivity index (χ0n) is 9.70. The van der Waals surface area contributed by atoms with Gasteiger partial charge in [0.25, 0.3) is 0 Å². The van der Waals surface area contributed by atoms with Crippen LogP contribution >= 0.6 is 0 Å². The third-order valence-corrected chi connectivity index (χ3v) is 3.41. The molecular formula is C13H21NO. The van der Waals surface area contributed by atoms with Crippen LogP contribution in [0.4, 0.5) is 0 Å². The lowest BCUT2D eigenvalue weighted by molar-refractivity contribution is 0.347. The lowest BCUT2D eigenvalue weighted by Crippen LogP contribution is -2.28. The van der Waals surface area contributed by atoms with E-state index in [1.807, 2.05) is 6.26 Å². The van der Waals surface area contributed by atoms with Crippen molar-refractivity contribution in [3.05, 3.63) is 24.2 Å². The van der Waals surface area contributed by atoms with Crippen LogP contribution < -0.4 is 5.32 Å². The van der Waals surface area contributed by atoms with E-state index in [-0.39, 0.29) is 0 Å². The molecule has 2 rings (SSSR count). The molecule has 1 saturated carbocycles. The van der Waals surface area contributed by atoms with Crippen LogP contribution in [-0.2, 0) is 0 Å². The summed E-state index contributed by atoms with van der Waals surface area (Å²) in [5.41, 5.74) is 1.31. The summed E-state index contributed by atoms with van der Waals surface area (Å²) in [6.45, 7) is 5.66. The van der Waals surface area contributed by atoms with Gasteiger partial charge in [0.1, 0.15) is 0 Å². The van der Waals surface area contributed by atoms with Crippen LogP contribution in [-0.4, -0.2) is 6.54 Å². The third-order valence-electron chi connectivity index (χ3n) is 3.41. The Balaban J connectivity index is 2.01. The van der Waals surface area contributed by atoms with Gasteiger partial charge in [-0.05, 0) is 43.7 Å². The Morgan fingerprint density at radius 3 is 2.87 bits per heavy atom. The first-order valence-corrected chi connectivity index (χ1v) is 6.08. The summed E-state index contributed by atoms with van der Waals surface area (Å²) in [4.78, 5) is 0.